The summed E-state index contributed by atoms with van der Waals surface area (Å²) < 4.78 is 2.01. The van der Waals surface area contributed by atoms with Gasteiger partial charge in [-0.1, -0.05) is 20.8 Å². The third-order valence-corrected chi connectivity index (χ3v) is 3.08. The lowest BCUT2D eigenvalue weighted by atomic mass is 9.92. The number of thiophene rings is 1. The summed E-state index contributed by atoms with van der Waals surface area (Å²) in [6.45, 7) is 8.66. The van der Waals surface area contributed by atoms with Crippen LogP contribution in [0.4, 0.5) is 0 Å². The van der Waals surface area contributed by atoms with E-state index in [-0.39, 0.29) is 5.41 Å². The highest BCUT2D eigenvalue weighted by Crippen LogP contribution is 2.23. The summed E-state index contributed by atoms with van der Waals surface area (Å²) in [6.07, 6.45) is 0. The molecule has 2 nitrogen and oxygen atoms in total. The molecule has 0 saturated heterocycles. The number of hydrogen-bond donors (Lipinski definition) is 0. The van der Waals surface area contributed by atoms with Crippen molar-refractivity contribution in [1.82, 2.24) is 9.78 Å². The van der Waals surface area contributed by atoms with Crippen LogP contribution in [0.3, 0.4) is 0 Å². The van der Waals surface area contributed by atoms with Crippen molar-refractivity contribution in [2.45, 2.75) is 33.1 Å². The van der Waals surface area contributed by atoms with Crippen molar-refractivity contribution in [3.05, 3.63) is 34.3 Å². The summed E-state index contributed by atoms with van der Waals surface area (Å²) in [7, 11) is 0. The van der Waals surface area contributed by atoms with Crippen LogP contribution in [0.2, 0.25) is 0 Å². The monoisotopic (exact) mass is 220 g/mol. The summed E-state index contributed by atoms with van der Waals surface area (Å²) in [5, 5.41) is 8.84. The zero-order valence-electron chi connectivity index (χ0n) is 9.61. The number of nitrogens with zero attached hydrogens (tertiary/aromatic N) is 2. The van der Waals surface area contributed by atoms with Gasteiger partial charge in [0, 0.05) is 16.5 Å². The molecular weight excluding hydrogens is 204 g/mol. The molecule has 2 rings (SSSR count). The maximum absolute atomic E-state index is 4.65. The minimum atomic E-state index is 0.117. The van der Waals surface area contributed by atoms with Crippen molar-refractivity contribution in [1.29, 1.82) is 0 Å². The third kappa shape index (κ3) is 1.97. The maximum atomic E-state index is 4.65. The molecule has 0 amide bonds. The SMILES string of the molecule is Cc1cc(C(C)(C)C)nn1-c1ccsc1. The molecule has 0 aromatic carbocycles. The summed E-state index contributed by atoms with van der Waals surface area (Å²) >= 11 is 1.70. The maximum Gasteiger partial charge on any atom is 0.0755 e. The van der Waals surface area contributed by atoms with Gasteiger partial charge in [0.05, 0.1) is 11.4 Å². The molecule has 2 aromatic rings. The average molecular weight is 220 g/mol. The van der Waals surface area contributed by atoms with E-state index < -0.39 is 0 Å². The fraction of sp³-hybridized carbons (Fsp3) is 0.417. The van der Waals surface area contributed by atoms with Crippen LogP contribution in [-0.4, -0.2) is 9.78 Å². The van der Waals surface area contributed by atoms with Crippen LogP contribution in [0.1, 0.15) is 32.2 Å². The Morgan fingerprint density at radius 3 is 2.53 bits per heavy atom. The second-order valence-corrected chi connectivity index (χ2v) is 5.59. The molecule has 0 fully saturated rings. The molecule has 0 aliphatic heterocycles. The summed E-state index contributed by atoms with van der Waals surface area (Å²) in [4.78, 5) is 0. The largest absolute Gasteiger partial charge is 0.237 e. The van der Waals surface area contributed by atoms with Gasteiger partial charge in [-0.05, 0) is 24.4 Å². The van der Waals surface area contributed by atoms with E-state index in [4.69, 9.17) is 0 Å². The number of rotatable bonds is 1. The van der Waals surface area contributed by atoms with E-state index in [9.17, 15) is 0 Å². The van der Waals surface area contributed by atoms with Gasteiger partial charge in [0.2, 0.25) is 0 Å². The lowest BCUT2D eigenvalue weighted by Gasteiger charge is -2.14. The van der Waals surface area contributed by atoms with Crippen molar-refractivity contribution in [3.63, 3.8) is 0 Å². The molecule has 0 unspecified atom stereocenters. The van der Waals surface area contributed by atoms with Crippen LogP contribution < -0.4 is 0 Å². The normalized spacial score (nSPS) is 12.0. The zero-order valence-corrected chi connectivity index (χ0v) is 10.4. The van der Waals surface area contributed by atoms with Crippen molar-refractivity contribution >= 4 is 11.3 Å². The molecule has 0 bridgehead atoms. The molecule has 2 heterocycles. The minimum absolute atomic E-state index is 0.117. The summed E-state index contributed by atoms with van der Waals surface area (Å²) in [5.41, 5.74) is 3.61. The first-order valence-electron chi connectivity index (χ1n) is 5.08. The molecule has 0 aliphatic carbocycles. The van der Waals surface area contributed by atoms with E-state index in [1.807, 2.05) is 4.68 Å². The Kier molecular flexibility index (Phi) is 2.43. The topological polar surface area (TPSA) is 17.8 Å². The lowest BCUT2D eigenvalue weighted by molar-refractivity contribution is 0.560. The standard InChI is InChI=1S/C12H16N2S/c1-9-7-11(12(2,3)4)13-14(9)10-5-6-15-8-10/h5-8H,1-4H3. The molecule has 0 saturated carbocycles. The van der Waals surface area contributed by atoms with Crippen molar-refractivity contribution in [2.24, 2.45) is 0 Å². The second-order valence-electron chi connectivity index (χ2n) is 4.81. The molecule has 0 atom stereocenters. The Hall–Kier alpha value is -1.09. The quantitative estimate of drug-likeness (QED) is 0.718. The highest BCUT2D eigenvalue weighted by atomic mass is 32.1. The van der Waals surface area contributed by atoms with Gasteiger partial charge in [-0.15, -0.1) is 0 Å². The third-order valence-electron chi connectivity index (χ3n) is 2.41. The van der Waals surface area contributed by atoms with Crippen molar-refractivity contribution in [3.8, 4) is 5.69 Å². The van der Waals surface area contributed by atoms with E-state index in [1.165, 1.54) is 5.69 Å². The number of aromatic nitrogens is 2. The van der Waals surface area contributed by atoms with Crippen LogP contribution in [0.25, 0.3) is 5.69 Å². The first kappa shape index (κ1) is 10.4. The summed E-state index contributed by atoms with van der Waals surface area (Å²) in [6, 6.07) is 4.26. The molecule has 80 valence electrons. The van der Waals surface area contributed by atoms with Gasteiger partial charge in [0.25, 0.3) is 0 Å². The van der Waals surface area contributed by atoms with E-state index in [1.54, 1.807) is 11.3 Å². The molecular formula is C12H16N2S. The van der Waals surface area contributed by atoms with Crippen LogP contribution >= 0.6 is 11.3 Å². The first-order chi connectivity index (χ1) is 6.98. The second kappa shape index (κ2) is 3.49. The number of hydrogen-bond acceptors (Lipinski definition) is 2. The van der Waals surface area contributed by atoms with Gasteiger partial charge in [-0.25, -0.2) is 4.68 Å². The average Bonchev–Trinajstić information content (AvgIpc) is 2.69. The Balaban J connectivity index is 2.47. The lowest BCUT2D eigenvalue weighted by Crippen LogP contribution is -2.12. The van der Waals surface area contributed by atoms with Gasteiger partial charge in [-0.2, -0.15) is 16.4 Å². The molecule has 2 aromatic heterocycles. The predicted molar refractivity (Wildman–Crippen MR) is 64.9 cm³/mol. The fourth-order valence-electron chi connectivity index (χ4n) is 1.48. The van der Waals surface area contributed by atoms with Crippen LogP contribution in [0, 0.1) is 6.92 Å². The highest BCUT2D eigenvalue weighted by Gasteiger charge is 2.18. The predicted octanol–water partition coefficient (Wildman–Crippen LogP) is 3.54. The Labute approximate surface area is 94.6 Å². The smallest absolute Gasteiger partial charge is 0.0755 e. The van der Waals surface area contributed by atoms with E-state index in [2.05, 4.69) is 55.7 Å². The minimum Gasteiger partial charge on any atom is -0.237 e. The molecule has 3 heteroatoms. The van der Waals surface area contributed by atoms with Gasteiger partial charge in [0.15, 0.2) is 0 Å². The molecule has 0 spiro atoms. The number of aryl methyl sites for hydroxylation is 1. The van der Waals surface area contributed by atoms with E-state index in [0.29, 0.717) is 0 Å². The van der Waals surface area contributed by atoms with E-state index >= 15 is 0 Å². The highest BCUT2D eigenvalue weighted by molar-refractivity contribution is 7.08. The van der Waals surface area contributed by atoms with Gasteiger partial charge < -0.3 is 0 Å². The molecule has 0 radical (unpaired) electrons. The fourth-order valence-corrected chi connectivity index (χ4v) is 2.09. The first-order valence-corrected chi connectivity index (χ1v) is 6.02. The van der Waals surface area contributed by atoms with Crippen LogP contribution in [0.5, 0.6) is 0 Å². The molecule has 0 N–H and O–H groups in total. The van der Waals surface area contributed by atoms with Crippen LogP contribution in [0.15, 0.2) is 22.9 Å². The Morgan fingerprint density at radius 2 is 2.07 bits per heavy atom. The Bertz CT molecular complexity index is 446. The zero-order chi connectivity index (χ0) is 11.1. The van der Waals surface area contributed by atoms with Gasteiger partial charge >= 0.3 is 0 Å². The van der Waals surface area contributed by atoms with Crippen molar-refractivity contribution in [2.75, 3.05) is 0 Å². The van der Waals surface area contributed by atoms with Crippen LogP contribution in [-0.2, 0) is 5.41 Å². The van der Waals surface area contributed by atoms with Gasteiger partial charge in [0.1, 0.15) is 0 Å². The summed E-state index contributed by atoms with van der Waals surface area (Å²) in [5.74, 6) is 0. The van der Waals surface area contributed by atoms with Gasteiger partial charge in [-0.3, -0.25) is 0 Å². The molecule has 0 aliphatic rings. The molecule has 15 heavy (non-hydrogen) atoms. The van der Waals surface area contributed by atoms with E-state index in [0.717, 1.165) is 11.4 Å². The Morgan fingerprint density at radius 1 is 1.33 bits per heavy atom. The van der Waals surface area contributed by atoms with Crippen molar-refractivity contribution < 1.29 is 0 Å².